The number of nitrogens with zero attached hydrogens (tertiary/aromatic N) is 2. The summed E-state index contributed by atoms with van der Waals surface area (Å²) in [4.78, 5) is 2.31. The molecule has 0 spiro atoms. The number of likely N-dealkylation sites (N-methyl/N-ethyl adjacent to an activating group) is 1. The predicted molar refractivity (Wildman–Crippen MR) is 90.5 cm³/mol. The standard InChI is InChI=1S/C18H24FN3O2/c1-3-22(12-15-5-4-8-24-15)11-13-10-20-21-18(13)16-7-6-14(23-2)9-17(16)19/h6-7,9-10,15H,3-5,8,11-12H2,1-2H3,(H,20,21). The molecule has 0 aliphatic carbocycles. The summed E-state index contributed by atoms with van der Waals surface area (Å²) < 4.78 is 25.2. The molecule has 1 aliphatic heterocycles. The number of halogens is 1. The van der Waals surface area contributed by atoms with Crippen LogP contribution in [0.25, 0.3) is 11.3 Å². The number of ether oxygens (including phenoxy) is 2. The van der Waals surface area contributed by atoms with Crippen LogP contribution in [0.15, 0.2) is 24.4 Å². The van der Waals surface area contributed by atoms with Gasteiger partial charge in [-0.2, -0.15) is 5.10 Å². The van der Waals surface area contributed by atoms with Crippen molar-refractivity contribution in [2.45, 2.75) is 32.4 Å². The van der Waals surface area contributed by atoms with Gasteiger partial charge in [-0.05, 0) is 31.5 Å². The van der Waals surface area contributed by atoms with Gasteiger partial charge in [-0.15, -0.1) is 0 Å². The Kier molecular flexibility index (Phi) is 5.48. The van der Waals surface area contributed by atoms with Gasteiger partial charge in [0, 0.05) is 36.9 Å². The topological polar surface area (TPSA) is 50.4 Å². The molecule has 130 valence electrons. The van der Waals surface area contributed by atoms with E-state index in [0.29, 0.717) is 24.0 Å². The second-order valence-electron chi connectivity index (χ2n) is 6.08. The molecule has 0 amide bonds. The lowest BCUT2D eigenvalue weighted by Crippen LogP contribution is -2.31. The van der Waals surface area contributed by atoms with Crippen LogP contribution in [0.5, 0.6) is 5.75 Å². The molecule has 1 fully saturated rings. The first kappa shape index (κ1) is 16.9. The number of nitrogens with one attached hydrogen (secondary N) is 1. The van der Waals surface area contributed by atoms with Crippen molar-refractivity contribution in [3.8, 4) is 17.0 Å². The maximum absolute atomic E-state index is 14.4. The lowest BCUT2D eigenvalue weighted by Gasteiger charge is -2.23. The average Bonchev–Trinajstić information content (AvgIpc) is 3.26. The number of benzene rings is 1. The van der Waals surface area contributed by atoms with Crippen LogP contribution >= 0.6 is 0 Å². The van der Waals surface area contributed by atoms with E-state index in [-0.39, 0.29) is 5.82 Å². The third-order valence-electron chi connectivity index (χ3n) is 4.49. The zero-order valence-electron chi connectivity index (χ0n) is 14.2. The van der Waals surface area contributed by atoms with Crippen molar-refractivity contribution in [1.29, 1.82) is 0 Å². The number of hydrogen-bond donors (Lipinski definition) is 1. The van der Waals surface area contributed by atoms with Crippen molar-refractivity contribution in [1.82, 2.24) is 15.1 Å². The minimum Gasteiger partial charge on any atom is -0.497 e. The Morgan fingerprint density at radius 3 is 3.00 bits per heavy atom. The van der Waals surface area contributed by atoms with Gasteiger partial charge in [0.15, 0.2) is 0 Å². The van der Waals surface area contributed by atoms with E-state index in [1.54, 1.807) is 18.3 Å². The highest BCUT2D eigenvalue weighted by Crippen LogP contribution is 2.28. The molecule has 1 aromatic carbocycles. The molecule has 3 rings (SSSR count). The van der Waals surface area contributed by atoms with Crippen LogP contribution in [0, 0.1) is 5.82 Å². The van der Waals surface area contributed by atoms with Crippen LogP contribution < -0.4 is 4.74 Å². The summed E-state index contributed by atoms with van der Waals surface area (Å²) in [6.45, 7) is 5.51. The van der Waals surface area contributed by atoms with E-state index in [0.717, 1.165) is 43.8 Å². The van der Waals surface area contributed by atoms with Crippen LogP contribution in [0.4, 0.5) is 4.39 Å². The van der Waals surface area contributed by atoms with Gasteiger partial charge >= 0.3 is 0 Å². The minimum absolute atomic E-state index is 0.304. The summed E-state index contributed by atoms with van der Waals surface area (Å²) >= 11 is 0. The summed E-state index contributed by atoms with van der Waals surface area (Å²) in [7, 11) is 1.53. The van der Waals surface area contributed by atoms with Crippen LogP contribution in [0.3, 0.4) is 0 Å². The number of aromatic nitrogens is 2. The normalized spacial score (nSPS) is 17.6. The smallest absolute Gasteiger partial charge is 0.136 e. The van der Waals surface area contributed by atoms with Gasteiger partial charge in [0.1, 0.15) is 11.6 Å². The van der Waals surface area contributed by atoms with Crippen molar-refractivity contribution in [2.75, 3.05) is 26.8 Å². The summed E-state index contributed by atoms with van der Waals surface area (Å²) in [6, 6.07) is 4.87. The lowest BCUT2D eigenvalue weighted by molar-refractivity contribution is 0.0725. The van der Waals surface area contributed by atoms with Gasteiger partial charge in [-0.1, -0.05) is 6.92 Å². The second kappa shape index (κ2) is 7.77. The molecule has 6 heteroatoms. The van der Waals surface area contributed by atoms with Crippen LogP contribution in [-0.4, -0.2) is 48.0 Å². The van der Waals surface area contributed by atoms with E-state index in [1.807, 2.05) is 0 Å². The van der Waals surface area contributed by atoms with Gasteiger partial charge < -0.3 is 9.47 Å². The third kappa shape index (κ3) is 3.76. The summed E-state index contributed by atoms with van der Waals surface area (Å²) in [5.41, 5.74) is 2.22. The average molecular weight is 333 g/mol. The summed E-state index contributed by atoms with van der Waals surface area (Å²) in [5, 5.41) is 7.06. The van der Waals surface area contributed by atoms with Crippen molar-refractivity contribution in [3.63, 3.8) is 0 Å². The Labute approximate surface area is 141 Å². The van der Waals surface area contributed by atoms with Gasteiger partial charge in [0.05, 0.1) is 25.1 Å². The van der Waals surface area contributed by atoms with Crippen LogP contribution in [0.2, 0.25) is 0 Å². The second-order valence-corrected chi connectivity index (χ2v) is 6.08. The Morgan fingerprint density at radius 1 is 1.46 bits per heavy atom. The minimum atomic E-state index is -0.318. The molecule has 1 aromatic heterocycles. The summed E-state index contributed by atoms with van der Waals surface area (Å²) in [5.74, 6) is 0.188. The molecule has 0 radical (unpaired) electrons. The number of aromatic amines is 1. The zero-order valence-corrected chi connectivity index (χ0v) is 14.2. The Balaban J connectivity index is 1.76. The van der Waals surface area contributed by atoms with Crippen LogP contribution in [0.1, 0.15) is 25.3 Å². The van der Waals surface area contributed by atoms with Gasteiger partial charge in [-0.25, -0.2) is 4.39 Å². The molecular weight excluding hydrogens is 309 g/mol. The van der Waals surface area contributed by atoms with Gasteiger partial charge in [0.25, 0.3) is 0 Å². The number of methoxy groups -OCH3 is 1. The maximum Gasteiger partial charge on any atom is 0.136 e. The molecule has 2 heterocycles. The first-order valence-corrected chi connectivity index (χ1v) is 8.41. The highest BCUT2D eigenvalue weighted by Gasteiger charge is 2.20. The number of hydrogen-bond acceptors (Lipinski definition) is 4. The van der Waals surface area contributed by atoms with E-state index in [4.69, 9.17) is 9.47 Å². The Hall–Kier alpha value is -1.92. The molecule has 5 nitrogen and oxygen atoms in total. The third-order valence-corrected chi connectivity index (χ3v) is 4.49. The SMILES string of the molecule is CCN(Cc1cn[nH]c1-c1ccc(OC)cc1F)CC1CCCO1. The van der Waals surface area contributed by atoms with E-state index in [9.17, 15) is 4.39 Å². The van der Waals surface area contributed by atoms with Crippen molar-refractivity contribution >= 4 is 0 Å². The van der Waals surface area contributed by atoms with Crippen molar-refractivity contribution < 1.29 is 13.9 Å². The molecular formula is C18H24FN3O2. The Bertz CT molecular complexity index is 668. The van der Waals surface area contributed by atoms with Gasteiger partial charge in [-0.3, -0.25) is 10.00 Å². The molecule has 1 N–H and O–H groups in total. The van der Waals surface area contributed by atoms with Crippen LogP contribution in [-0.2, 0) is 11.3 Å². The van der Waals surface area contributed by atoms with Gasteiger partial charge in [0.2, 0.25) is 0 Å². The Morgan fingerprint density at radius 2 is 2.33 bits per heavy atom. The molecule has 24 heavy (non-hydrogen) atoms. The van der Waals surface area contributed by atoms with E-state index in [1.165, 1.54) is 13.2 Å². The highest BCUT2D eigenvalue weighted by molar-refractivity contribution is 5.64. The predicted octanol–water partition coefficient (Wildman–Crippen LogP) is 3.23. The van der Waals surface area contributed by atoms with Crippen molar-refractivity contribution in [2.24, 2.45) is 0 Å². The molecule has 2 aromatic rings. The highest BCUT2D eigenvalue weighted by atomic mass is 19.1. The molecule has 0 bridgehead atoms. The molecule has 1 saturated heterocycles. The lowest BCUT2D eigenvalue weighted by atomic mass is 10.1. The number of rotatable bonds is 7. The molecule has 1 atom stereocenters. The van der Waals surface area contributed by atoms with Crippen molar-refractivity contribution in [3.05, 3.63) is 35.8 Å². The molecule has 0 saturated carbocycles. The quantitative estimate of drug-likeness (QED) is 0.845. The fourth-order valence-corrected chi connectivity index (χ4v) is 3.11. The largest absolute Gasteiger partial charge is 0.497 e. The van der Waals surface area contributed by atoms with E-state index >= 15 is 0 Å². The van der Waals surface area contributed by atoms with E-state index in [2.05, 4.69) is 22.0 Å². The fraction of sp³-hybridized carbons (Fsp3) is 0.500. The first-order valence-electron chi connectivity index (χ1n) is 8.41. The monoisotopic (exact) mass is 333 g/mol. The number of H-pyrrole nitrogens is 1. The first-order chi connectivity index (χ1) is 11.7. The fourth-order valence-electron chi connectivity index (χ4n) is 3.11. The zero-order chi connectivity index (χ0) is 16.9. The summed E-state index contributed by atoms with van der Waals surface area (Å²) in [6.07, 6.45) is 4.33. The van der Waals surface area contributed by atoms with E-state index < -0.39 is 0 Å². The molecule has 1 aliphatic rings. The maximum atomic E-state index is 14.4. The molecule has 1 unspecified atom stereocenters.